The second kappa shape index (κ2) is 19.6. The standard InChI is InChI=1S/C74H75N3S2Si4/c1-80(2,3)55-36-27-50(28-37-55)75(51-29-38-56(39-30-51)81(4,5)6)63-46-65-72(74-69(63)61-21-15-17-23-67(61)79-74)71-64(77(65)54-35-44-60-49(45-54)26-25-48-19-13-14-20-59(48)60)47-66(73-70(71)62-22-16-18-24-68(62)78-73)76(52-31-40-57(41-32-52)82(7,8)9)53-33-42-58(43-34-53)83(10,11)12/h13-47,80-83H,1-12H3/q-4. The number of anilines is 6. The summed E-state index contributed by atoms with van der Waals surface area (Å²) in [5.41, 5.74) is 10.6. The normalized spacial score (nSPS) is 13.6. The van der Waals surface area contributed by atoms with Crippen molar-refractivity contribution in [1.82, 2.24) is 4.57 Å². The van der Waals surface area contributed by atoms with Crippen LogP contribution in [-0.4, -0.2) is 36.9 Å². The van der Waals surface area contributed by atoms with Gasteiger partial charge < -0.3 is 0 Å². The zero-order valence-corrected chi connectivity index (χ0v) is 56.4. The van der Waals surface area contributed by atoms with Gasteiger partial charge in [0, 0.05) is 0 Å². The Kier molecular flexibility index (Phi) is 12.7. The van der Waals surface area contributed by atoms with E-state index in [0.717, 1.165) is 5.69 Å². The maximum absolute atomic E-state index is 2.65. The van der Waals surface area contributed by atoms with Gasteiger partial charge in [-0.1, -0.05) is 36.4 Å². The molecule has 0 aliphatic carbocycles. The minimum atomic E-state index is -1.93. The molecule has 418 valence electrons. The van der Waals surface area contributed by atoms with Crippen molar-refractivity contribution in [3.63, 3.8) is 0 Å². The van der Waals surface area contributed by atoms with E-state index in [4.69, 9.17) is 0 Å². The molecule has 3 heterocycles. The summed E-state index contributed by atoms with van der Waals surface area (Å²) in [6.45, 7) is 29.7. The fourth-order valence-electron chi connectivity index (χ4n) is 13.1. The van der Waals surface area contributed by atoms with Crippen LogP contribution >= 0.6 is 22.7 Å². The molecule has 14 rings (SSSR count). The number of rotatable bonds is 11. The van der Waals surface area contributed by atoms with E-state index in [0.29, 0.717) is 0 Å². The number of nitrogens with zero attached hydrogens (tertiary/aromatic N) is 3. The fourth-order valence-corrected chi connectivity index (χ4v) is 21.0. The van der Waals surface area contributed by atoms with Crippen molar-refractivity contribution in [3.8, 4) is 5.69 Å². The van der Waals surface area contributed by atoms with Crippen molar-refractivity contribution in [1.29, 1.82) is 0 Å². The maximum atomic E-state index is 2.65. The molecular weight excluding hydrogens is 1110 g/mol. The van der Waals surface area contributed by atoms with Crippen molar-refractivity contribution in [2.45, 2.75) is 78.6 Å². The van der Waals surface area contributed by atoms with Gasteiger partial charge in [-0.3, -0.25) is 0 Å². The van der Waals surface area contributed by atoms with Crippen LogP contribution in [0.5, 0.6) is 0 Å². The van der Waals surface area contributed by atoms with E-state index in [-0.39, 0.29) is 0 Å². The summed E-state index contributed by atoms with van der Waals surface area (Å²) in [4.78, 5) is 5.17. The summed E-state index contributed by atoms with van der Waals surface area (Å²) in [6.07, 6.45) is 0. The first kappa shape index (κ1) is 53.6. The molecule has 0 radical (unpaired) electrons. The molecule has 0 unspecified atom stereocenters. The zero-order valence-electron chi connectivity index (χ0n) is 50.2. The summed E-state index contributed by atoms with van der Waals surface area (Å²) in [7, 11) is -7.72. The number of benzene rings is 11. The molecule has 0 bridgehead atoms. The van der Waals surface area contributed by atoms with Crippen LogP contribution in [0.1, 0.15) is 0 Å². The van der Waals surface area contributed by atoms with Gasteiger partial charge in [0.2, 0.25) is 0 Å². The Morgan fingerprint density at radius 3 is 1.18 bits per heavy atom. The van der Waals surface area contributed by atoms with Crippen molar-refractivity contribution in [2.75, 3.05) is 9.80 Å². The Morgan fingerprint density at radius 1 is 0.301 bits per heavy atom. The predicted octanol–water partition coefficient (Wildman–Crippen LogP) is 19.9. The quantitative estimate of drug-likeness (QED) is 0.0945. The Bertz CT molecular complexity index is 4760. The molecule has 3 aromatic heterocycles. The molecule has 0 aliphatic heterocycles. The molecule has 0 atom stereocenters. The van der Waals surface area contributed by atoms with Crippen LogP contribution in [0.4, 0.5) is 34.1 Å². The number of aromatic nitrogens is 1. The van der Waals surface area contributed by atoms with E-state index in [9.17, 15) is 0 Å². The summed E-state index contributed by atoms with van der Waals surface area (Å²) in [5, 5.41) is 18.7. The molecule has 83 heavy (non-hydrogen) atoms. The van der Waals surface area contributed by atoms with Gasteiger partial charge in [-0.2, -0.15) is 0 Å². The first-order valence-corrected chi connectivity index (χ1v) is 48.3. The van der Waals surface area contributed by atoms with Gasteiger partial charge in [-0.25, -0.2) is 0 Å². The Balaban J connectivity index is 1.17. The van der Waals surface area contributed by atoms with Gasteiger partial charge in [0.15, 0.2) is 0 Å². The van der Waals surface area contributed by atoms with Crippen molar-refractivity contribution < 1.29 is 0 Å². The number of fused-ring (bicyclic) bond motifs is 14. The minimum absolute atomic E-state index is 1.14. The number of hydrogen-bond acceptors (Lipinski definition) is 4. The number of thiophene rings is 2. The third kappa shape index (κ3) is 9.14. The summed E-state index contributed by atoms with van der Waals surface area (Å²) < 4.78 is 7.83. The molecule has 0 aliphatic rings. The van der Waals surface area contributed by atoms with Gasteiger partial charge in [-0.15, -0.1) is 0 Å². The van der Waals surface area contributed by atoms with Crippen LogP contribution < -0.4 is 30.5 Å². The average molecular weight is 1180 g/mol. The molecule has 0 saturated carbocycles. The molecule has 0 N–H and O–H groups in total. The summed E-state index contributed by atoms with van der Waals surface area (Å²) in [6, 6.07) is 82.8. The van der Waals surface area contributed by atoms with E-state index in [2.05, 4.69) is 305 Å². The van der Waals surface area contributed by atoms with E-state index in [1.54, 1.807) is 0 Å². The molecule has 11 aromatic carbocycles. The Morgan fingerprint density at radius 2 is 0.687 bits per heavy atom. The fraction of sp³-hybridized carbons (Fsp3) is 0.162. The predicted molar refractivity (Wildman–Crippen MR) is 388 cm³/mol. The van der Waals surface area contributed by atoms with Crippen molar-refractivity contribution in [2.24, 2.45) is 0 Å². The molecule has 0 saturated heterocycles. The topological polar surface area (TPSA) is 11.4 Å². The van der Waals surface area contributed by atoms with Crippen LogP contribution in [0.3, 0.4) is 0 Å². The second-order valence-corrected chi connectivity index (χ2v) is 54.2. The SMILES string of the molecule is C[SiH-](C)(C)c1ccc(N(c2ccc([SiH-](C)(C)C)cc2)c2cc3c(c4c2sc2ccccc24)c2c4sc5ccccc5c4c(N(c4ccc([SiH-](C)(C)C)cc4)c4ccc([SiH-](C)(C)C)cc4)cc2n3-c2ccc3c(ccc4ccccc43)c2)cc1. The van der Waals surface area contributed by atoms with Crippen molar-refractivity contribution in [3.05, 3.63) is 212 Å². The van der Waals surface area contributed by atoms with Crippen LogP contribution in [0.15, 0.2) is 212 Å². The van der Waals surface area contributed by atoms with E-state index in [1.807, 2.05) is 22.7 Å². The van der Waals surface area contributed by atoms with Crippen LogP contribution in [0, 0.1) is 0 Å². The Labute approximate surface area is 500 Å². The summed E-state index contributed by atoms with van der Waals surface area (Å²) in [5.74, 6) is 0. The van der Waals surface area contributed by atoms with Crippen LogP contribution in [-0.2, 0) is 0 Å². The molecule has 14 aromatic rings. The molecule has 3 nitrogen and oxygen atoms in total. The van der Waals surface area contributed by atoms with Crippen LogP contribution in [0.2, 0.25) is 78.6 Å². The first-order valence-electron chi connectivity index (χ1n) is 30.5. The monoisotopic (exact) mass is 1180 g/mol. The second-order valence-electron chi connectivity index (χ2n) is 28.6. The summed E-state index contributed by atoms with van der Waals surface area (Å²) >= 11 is 3.89. The van der Waals surface area contributed by atoms with E-state index < -0.39 is 32.3 Å². The van der Waals surface area contributed by atoms with Gasteiger partial charge in [0.05, 0.1) is 0 Å². The number of hydrogen-bond donors (Lipinski definition) is 0. The van der Waals surface area contributed by atoms with E-state index in [1.165, 1.54) is 139 Å². The Hall–Kier alpha value is -7.35. The van der Waals surface area contributed by atoms with Gasteiger partial charge >= 0.3 is 452 Å². The zero-order chi connectivity index (χ0) is 57.5. The third-order valence-electron chi connectivity index (χ3n) is 18.0. The van der Waals surface area contributed by atoms with Gasteiger partial charge in [0.1, 0.15) is 0 Å². The first-order chi connectivity index (χ1) is 39.7. The molecule has 0 amide bonds. The molecule has 0 fully saturated rings. The molecule has 9 heteroatoms. The van der Waals surface area contributed by atoms with E-state index >= 15 is 0 Å². The molecule has 0 spiro atoms. The van der Waals surface area contributed by atoms with Crippen LogP contribution in [0.25, 0.3) is 89.4 Å². The van der Waals surface area contributed by atoms with Gasteiger partial charge in [0.25, 0.3) is 0 Å². The molecular formula is C74H75N3S2Si4-4. The third-order valence-corrected chi connectivity index (χ3v) is 29.9. The van der Waals surface area contributed by atoms with Crippen molar-refractivity contribution >= 4 is 194 Å². The van der Waals surface area contributed by atoms with Gasteiger partial charge in [-0.05, 0) is 16.2 Å². The average Bonchev–Trinajstić information content (AvgIpc) is 1.97.